The van der Waals surface area contributed by atoms with Gasteiger partial charge in [-0.15, -0.1) is 0 Å². The second-order valence-corrected chi connectivity index (χ2v) is 12.2. The Morgan fingerprint density at radius 3 is 2.32 bits per heavy atom. The molecule has 0 aliphatic carbocycles. The molecular formula is C37H38BrN5O7. The summed E-state index contributed by atoms with van der Waals surface area (Å²) >= 11 is 3.69. The minimum atomic E-state index is -1.51. The number of rotatable bonds is 16. The van der Waals surface area contributed by atoms with E-state index in [1.54, 1.807) is 24.3 Å². The van der Waals surface area contributed by atoms with Crippen molar-refractivity contribution >= 4 is 27.7 Å². The number of aliphatic imine (C=N–C) groups is 1. The molecule has 4 aromatic carbocycles. The number of halogens is 1. The predicted octanol–water partition coefficient (Wildman–Crippen LogP) is 6.86. The third kappa shape index (κ3) is 7.97. The average Bonchev–Trinajstić information content (AvgIpc) is 3.53. The van der Waals surface area contributed by atoms with Gasteiger partial charge in [0.25, 0.3) is 5.91 Å². The van der Waals surface area contributed by atoms with Gasteiger partial charge in [-0.2, -0.15) is 0 Å². The van der Waals surface area contributed by atoms with Gasteiger partial charge in [0.1, 0.15) is 5.75 Å². The highest BCUT2D eigenvalue weighted by Crippen LogP contribution is 2.45. The summed E-state index contributed by atoms with van der Waals surface area (Å²) in [5, 5.41) is 16.0. The van der Waals surface area contributed by atoms with Gasteiger partial charge in [-0.1, -0.05) is 63.5 Å². The number of hydrogen-bond acceptors (Lipinski definition) is 9. The van der Waals surface area contributed by atoms with Crippen LogP contribution in [-0.4, -0.2) is 57.0 Å². The van der Waals surface area contributed by atoms with Crippen LogP contribution in [0.3, 0.4) is 0 Å². The van der Waals surface area contributed by atoms with Crippen LogP contribution in [0.15, 0.2) is 99.5 Å². The van der Waals surface area contributed by atoms with Crippen LogP contribution in [0.2, 0.25) is 0 Å². The summed E-state index contributed by atoms with van der Waals surface area (Å²) < 4.78 is 29.7. The Hall–Kier alpha value is -5.23. The topological polar surface area (TPSA) is 157 Å². The van der Waals surface area contributed by atoms with Crippen LogP contribution >= 0.6 is 15.9 Å². The molecule has 1 heterocycles. The lowest BCUT2D eigenvalue weighted by molar-refractivity contribution is -0.129. The summed E-state index contributed by atoms with van der Waals surface area (Å²) in [6.45, 7) is 0.631. The summed E-state index contributed by atoms with van der Waals surface area (Å²) in [7, 11) is 4.59. The highest BCUT2D eigenvalue weighted by atomic mass is 79.9. The van der Waals surface area contributed by atoms with Crippen molar-refractivity contribution in [3.05, 3.63) is 128 Å². The van der Waals surface area contributed by atoms with E-state index in [0.29, 0.717) is 47.2 Å². The standard InChI is InChI=1S/C37H38BrN5O7/c1-46-31-19-24(20-32(47-2)33(31)48-3)22-40-36(45)37(21-26-9-4-5-10-27(26)23-41-43-39)34(29-11-6-7-12-30(29)38)50-35(42-37)25-13-15-28(16-14-25)49-18-8-17-44/h4-7,9-16,19-20,34,44H,8,17-18,21-23H2,1-3H3,(H,40,45)/t34-,37-/m1/s1. The molecule has 2 atom stereocenters. The van der Waals surface area contributed by atoms with Crippen molar-refractivity contribution in [1.29, 1.82) is 0 Å². The van der Waals surface area contributed by atoms with E-state index < -0.39 is 11.6 Å². The number of amides is 1. The lowest BCUT2D eigenvalue weighted by Crippen LogP contribution is -2.50. The number of azide groups is 1. The van der Waals surface area contributed by atoms with Gasteiger partial charge in [-0.05, 0) is 64.7 Å². The number of hydrogen-bond donors (Lipinski definition) is 2. The van der Waals surface area contributed by atoms with Gasteiger partial charge >= 0.3 is 0 Å². The molecule has 13 heteroatoms. The smallest absolute Gasteiger partial charge is 0.252 e. The van der Waals surface area contributed by atoms with Gasteiger partial charge in [0.2, 0.25) is 11.6 Å². The SMILES string of the molecule is COc1cc(CNC(=O)[C@]2(Cc3ccccc3CN=[N+]=[N-])N=C(c3ccc(OCCCO)cc3)O[C@@H]2c2ccccc2Br)cc(OC)c1OC. The highest BCUT2D eigenvalue weighted by molar-refractivity contribution is 9.10. The number of nitrogens with zero attached hydrogens (tertiary/aromatic N) is 4. The molecule has 50 heavy (non-hydrogen) atoms. The van der Waals surface area contributed by atoms with Crippen molar-refractivity contribution < 1.29 is 33.6 Å². The zero-order valence-electron chi connectivity index (χ0n) is 28.0. The fourth-order valence-corrected chi connectivity index (χ4v) is 6.29. The monoisotopic (exact) mass is 743 g/mol. The quantitative estimate of drug-likeness (QED) is 0.0549. The third-order valence-electron chi connectivity index (χ3n) is 8.28. The number of aliphatic hydroxyl groups excluding tert-OH is 1. The predicted molar refractivity (Wildman–Crippen MR) is 192 cm³/mol. The maximum absolute atomic E-state index is 14.9. The Kier molecular flexibility index (Phi) is 12.2. The Labute approximate surface area is 298 Å². The normalized spacial score (nSPS) is 16.4. The molecule has 1 aliphatic rings. The number of carbonyl (C=O) groups is 1. The first-order valence-corrected chi connectivity index (χ1v) is 16.7. The number of methoxy groups -OCH3 is 3. The van der Waals surface area contributed by atoms with E-state index in [1.165, 1.54) is 21.3 Å². The minimum Gasteiger partial charge on any atom is -0.494 e. The van der Waals surface area contributed by atoms with Gasteiger partial charge in [-0.25, -0.2) is 4.99 Å². The molecule has 1 aliphatic heterocycles. The summed E-state index contributed by atoms with van der Waals surface area (Å²) in [6, 6.07) is 25.9. The van der Waals surface area contributed by atoms with E-state index in [0.717, 1.165) is 21.2 Å². The minimum absolute atomic E-state index is 0.0366. The third-order valence-corrected chi connectivity index (χ3v) is 9.00. The summed E-state index contributed by atoms with van der Waals surface area (Å²) in [5.41, 5.74) is 11.2. The molecule has 12 nitrogen and oxygen atoms in total. The maximum Gasteiger partial charge on any atom is 0.252 e. The van der Waals surface area contributed by atoms with Crippen LogP contribution in [0.4, 0.5) is 0 Å². The first kappa shape index (κ1) is 36.1. The Morgan fingerprint density at radius 2 is 1.68 bits per heavy atom. The van der Waals surface area contributed by atoms with Gasteiger partial charge in [0.15, 0.2) is 23.1 Å². The zero-order chi connectivity index (χ0) is 35.5. The molecule has 1 amide bonds. The van der Waals surface area contributed by atoms with E-state index >= 15 is 0 Å². The zero-order valence-corrected chi connectivity index (χ0v) is 29.6. The molecule has 0 saturated heterocycles. The van der Waals surface area contributed by atoms with E-state index in [4.69, 9.17) is 39.3 Å². The van der Waals surface area contributed by atoms with Crippen LogP contribution in [-0.2, 0) is 29.0 Å². The van der Waals surface area contributed by atoms with Gasteiger partial charge in [-0.3, -0.25) is 4.79 Å². The molecule has 0 bridgehead atoms. The second kappa shape index (κ2) is 16.9. The number of carbonyl (C=O) groups excluding carboxylic acids is 1. The summed E-state index contributed by atoms with van der Waals surface area (Å²) in [6.07, 6.45) is -0.218. The maximum atomic E-state index is 14.9. The molecule has 0 spiro atoms. The molecule has 0 saturated carbocycles. The van der Waals surface area contributed by atoms with Crippen molar-refractivity contribution in [3.63, 3.8) is 0 Å². The van der Waals surface area contributed by atoms with E-state index in [2.05, 4.69) is 31.3 Å². The number of nitrogens with one attached hydrogen (secondary N) is 1. The molecule has 0 unspecified atom stereocenters. The van der Waals surface area contributed by atoms with Crippen LogP contribution < -0.4 is 24.3 Å². The molecule has 4 aromatic rings. The van der Waals surface area contributed by atoms with Crippen LogP contribution in [0.25, 0.3) is 10.4 Å². The van der Waals surface area contributed by atoms with E-state index in [9.17, 15) is 4.79 Å². The van der Waals surface area contributed by atoms with E-state index in [-0.39, 0.29) is 37.9 Å². The first-order chi connectivity index (χ1) is 24.4. The van der Waals surface area contributed by atoms with E-state index in [1.807, 2.05) is 60.7 Å². The van der Waals surface area contributed by atoms with Crippen molar-refractivity contribution in [1.82, 2.24) is 5.32 Å². The van der Waals surface area contributed by atoms with Crippen molar-refractivity contribution in [2.75, 3.05) is 34.5 Å². The molecule has 260 valence electrons. The van der Waals surface area contributed by atoms with Gasteiger partial charge < -0.3 is 34.1 Å². The highest BCUT2D eigenvalue weighted by Gasteiger charge is 2.54. The molecule has 0 aromatic heterocycles. The largest absolute Gasteiger partial charge is 0.494 e. The number of aliphatic hydroxyl groups is 1. The Balaban J connectivity index is 1.61. The Bertz CT molecular complexity index is 1860. The lowest BCUT2D eigenvalue weighted by atomic mass is 9.81. The number of benzene rings is 4. The average molecular weight is 745 g/mol. The first-order valence-electron chi connectivity index (χ1n) is 15.9. The molecule has 5 rings (SSSR count). The van der Waals surface area contributed by atoms with Gasteiger partial charge in [0.05, 0.1) is 34.5 Å². The second-order valence-electron chi connectivity index (χ2n) is 11.4. The fraction of sp³-hybridized carbons (Fsp3) is 0.297. The van der Waals surface area contributed by atoms with Crippen LogP contribution in [0.1, 0.15) is 40.3 Å². The molecule has 0 fully saturated rings. The molecule has 2 N–H and O–H groups in total. The van der Waals surface area contributed by atoms with Crippen LogP contribution in [0.5, 0.6) is 23.0 Å². The number of ether oxygens (including phenoxy) is 5. The van der Waals surface area contributed by atoms with Crippen molar-refractivity contribution in [2.24, 2.45) is 10.1 Å². The summed E-state index contributed by atoms with van der Waals surface area (Å²) in [5.74, 6) is 1.88. The van der Waals surface area contributed by atoms with Gasteiger partial charge in [0, 0.05) is 46.5 Å². The molecule has 0 radical (unpaired) electrons. The lowest BCUT2D eigenvalue weighted by Gasteiger charge is -2.32. The van der Waals surface area contributed by atoms with Crippen LogP contribution in [0, 0.1) is 0 Å². The fourth-order valence-electron chi connectivity index (χ4n) is 5.80. The van der Waals surface area contributed by atoms with Crippen molar-refractivity contribution in [2.45, 2.75) is 37.6 Å². The summed E-state index contributed by atoms with van der Waals surface area (Å²) in [4.78, 5) is 22.9. The Morgan fingerprint density at radius 1 is 1.00 bits per heavy atom. The molecular weight excluding hydrogens is 706 g/mol. The van der Waals surface area contributed by atoms with Crippen molar-refractivity contribution in [3.8, 4) is 23.0 Å².